The molecule has 2 fully saturated rings. The molecule has 1 atom stereocenters. The molecule has 0 aromatic rings. The Morgan fingerprint density at radius 3 is 2.26 bits per heavy atom. The molecule has 2 rings (SSSR count). The molecule has 19 heavy (non-hydrogen) atoms. The monoisotopic (exact) mass is 275 g/mol. The number of rotatable bonds is 5. The van der Waals surface area contributed by atoms with Crippen LogP contribution in [0.2, 0.25) is 0 Å². The summed E-state index contributed by atoms with van der Waals surface area (Å²) in [5.74, 6) is -3.99. The van der Waals surface area contributed by atoms with Crippen LogP contribution in [0, 0.1) is 11.8 Å². The van der Waals surface area contributed by atoms with Gasteiger partial charge in [0.15, 0.2) is 0 Å². The third-order valence-corrected chi connectivity index (χ3v) is 4.00. The molecule has 2 N–H and O–H groups in total. The molecule has 0 aromatic carbocycles. The van der Waals surface area contributed by atoms with Gasteiger partial charge in [0.1, 0.15) is 0 Å². The van der Waals surface area contributed by atoms with Crippen molar-refractivity contribution in [2.75, 3.05) is 0 Å². The molecule has 1 amide bonds. The van der Waals surface area contributed by atoms with Crippen molar-refractivity contribution in [3.05, 3.63) is 0 Å². The van der Waals surface area contributed by atoms with Crippen LogP contribution in [0.5, 0.6) is 0 Å². The Bertz CT molecular complexity index is 359. The highest BCUT2D eigenvalue weighted by atomic mass is 19.3. The summed E-state index contributed by atoms with van der Waals surface area (Å²) in [6, 6.07) is -0.340. The van der Waals surface area contributed by atoms with Crippen LogP contribution in [0.4, 0.5) is 8.78 Å². The van der Waals surface area contributed by atoms with Crippen LogP contribution >= 0.6 is 0 Å². The molecule has 1 unspecified atom stereocenters. The van der Waals surface area contributed by atoms with E-state index in [0.29, 0.717) is 0 Å². The summed E-state index contributed by atoms with van der Waals surface area (Å²) < 4.78 is 26.0. The van der Waals surface area contributed by atoms with Crippen molar-refractivity contribution in [1.82, 2.24) is 5.32 Å². The molecule has 2 aliphatic carbocycles. The van der Waals surface area contributed by atoms with Crippen molar-refractivity contribution in [3.8, 4) is 0 Å². The van der Waals surface area contributed by atoms with Crippen LogP contribution in [-0.4, -0.2) is 28.9 Å². The Morgan fingerprint density at radius 1 is 1.21 bits per heavy atom. The summed E-state index contributed by atoms with van der Waals surface area (Å²) in [6.07, 6.45) is 1.64. The fraction of sp³-hybridized carbons (Fsp3) is 0.846. The maximum atomic E-state index is 13.0. The smallest absolute Gasteiger partial charge is 0.305 e. The van der Waals surface area contributed by atoms with Gasteiger partial charge in [0.05, 0.1) is 6.42 Å². The highest BCUT2D eigenvalue weighted by Crippen LogP contribution is 2.37. The molecule has 2 aliphatic rings. The quantitative estimate of drug-likeness (QED) is 0.808. The average molecular weight is 275 g/mol. The lowest BCUT2D eigenvalue weighted by atomic mass is 9.86. The molecule has 108 valence electrons. The maximum Gasteiger partial charge on any atom is 0.305 e. The van der Waals surface area contributed by atoms with E-state index < -0.39 is 17.8 Å². The molecule has 4 nitrogen and oxygen atoms in total. The van der Waals surface area contributed by atoms with E-state index in [2.05, 4.69) is 5.32 Å². The maximum absolute atomic E-state index is 13.0. The van der Waals surface area contributed by atoms with Crippen LogP contribution in [-0.2, 0) is 9.59 Å². The average Bonchev–Trinajstić information content (AvgIpc) is 3.10. The number of amides is 1. The lowest BCUT2D eigenvalue weighted by Gasteiger charge is -2.28. The molecule has 0 aromatic heterocycles. The Morgan fingerprint density at radius 2 is 1.79 bits per heavy atom. The predicted octanol–water partition coefficient (Wildman–Crippen LogP) is 2.18. The Labute approximate surface area is 110 Å². The van der Waals surface area contributed by atoms with Crippen LogP contribution in [0.25, 0.3) is 0 Å². The minimum absolute atomic E-state index is 0.0840. The molecular formula is C13H19F2NO3. The number of hydrogen-bond acceptors (Lipinski definition) is 2. The third kappa shape index (κ3) is 4.14. The molecule has 0 heterocycles. The number of carbonyl (C=O) groups excluding carboxylic acids is 1. The number of carboxylic acids is 1. The van der Waals surface area contributed by atoms with Crippen molar-refractivity contribution in [2.45, 2.75) is 56.9 Å². The first-order chi connectivity index (χ1) is 8.87. The fourth-order valence-corrected chi connectivity index (χ4v) is 2.63. The summed E-state index contributed by atoms with van der Waals surface area (Å²) in [5, 5.41) is 11.5. The molecule has 0 bridgehead atoms. The standard InChI is InChI=1S/C13H19F2NO3/c14-13(15)5-3-9(4-6-13)12(19)16-10(7-11(17)18)8-1-2-8/h8-10H,1-7H2,(H,16,19)(H,17,18). The first-order valence-corrected chi connectivity index (χ1v) is 6.77. The zero-order chi connectivity index (χ0) is 14.0. The van der Waals surface area contributed by atoms with E-state index >= 15 is 0 Å². The minimum Gasteiger partial charge on any atom is -0.481 e. The third-order valence-electron chi connectivity index (χ3n) is 4.00. The predicted molar refractivity (Wildman–Crippen MR) is 63.8 cm³/mol. The van der Waals surface area contributed by atoms with Gasteiger partial charge in [0.2, 0.25) is 11.8 Å². The van der Waals surface area contributed by atoms with Gasteiger partial charge in [0.25, 0.3) is 0 Å². The zero-order valence-corrected chi connectivity index (χ0v) is 10.7. The molecule has 0 spiro atoms. The van der Waals surface area contributed by atoms with Crippen LogP contribution in [0.1, 0.15) is 44.9 Å². The lowest BCUT2D eigenvalue weighted by Crippen LogP contribution is -2.43. The minimum atomic E-state index is -2.65. The van der Waals surface area contributed by atoms with E-state index in [1.165, 1.54) is 0 Å². The van der Waals surface area contributed by atoms with Crippen LogP contribution in [0.15, 0.2) is 0 Å². The number of aliphatic carboxylic acids is 1. The summed E-state index contributed by atoms with van der Waals surface area (Å²) in [7, 11) is 0. The van der Waals surface area contributed by atoms with E-state index in [9.17, 15) is 18.4 Å². The van der Waals surface area contributed by atoms with E-state index in [4.69, 9.17) is 5.11 Å². The van der Waals surface area contributed by atoms with Crippen molar-refractivity contribution in [2.24, 2.45) is 11.8 Å². The summed E-state index contributed by atoms with van der Waals surface area (Å²) in [4.78, 5) is 22.7. The second-order valence-corrected chi connectivity index (χ2v) is 5.68. The first kappa shape index (κ1) is 14.2. The van der Waals surface area contributed by atoms with E-state index in [1.807, 2.05) is 0 Å². The van der Waals surface area contributed by atoms with Gasteiger partial charge in [-0.2, -0.15) is 0 Å². The highest BCUT2D eigenvalue weighted by molar-refractivity contribution is 5.80. The number of carbonyl (C=O) groups is 2. The van der Waals surface area contributed by atoms with Crippen molar-refractivity contribution >= 4 is 11.9 Å². The fourth-order valence-electron chi connectivity index (χ4n) is 2.63. The van der Waals surface area contributed by atoms with Gasteiger partial charge in [-0.05, 0) is 31.6 Å². The number of halogens is 2. The normalized spacial score (nSPS) is 24.7. The molecule has 2 saturated carbocycles. The number of nitrogens with one attached hydrogen (secondary N) is 1. The topological polar surface area (TPSA) is 66.4 Å². The molecule has 0 saturated heterocycles. The first-order valence-electron chi connectivity index (χ1n) is 6.77. The van der Waals surface area contributed by atoms with Crippen molar-refractivity contribution in [3.63, 3.8) is 0 Å². The lowest BCUT2D eigenvalue weighted by molar-refractivity contribution is -0.138. The Kier molecular flexibility index (Phi) is 4.06. The summed E-state index contributed by atoms with van der Waals surface area (Å²) >= 11 is 0. The van der Waals surface area contributed by atoms with Gasteiger partial charge in [0, 0.05) is 24.8 Å². The molecule has 0 radical (unpaired) electrons. The van der Waals surface area contributed by atoms with Crippen LogP contribution in [0.3, 0.4) is 0 Å². The summed E-state index contributed by atoms with van der Waals surface area (Å²) in [6.45, 7) is 0. The van der Waals surface area contributed by atoms with E-state index in [0.717, 1.165) is 12.8 Å². The van der Waals surface area contributed by atoms with Crippen molar-refractivity contribution in [1.29, 1.82) is 0 Å². The summed E-state index contributed by atoms with van der Waals surface area (Å²) in [5.41, 5.74) is 0. The van der Waals surface area contributed by atoms with Gasteiger partial charge in [-0.3, -0.25) is 9.59 Å². The Hall–Kier alpha value is -1.20. The van der Waals surface area contributed by atoms with Gasteiger partial charge in [-0.15, -0.1) is 0 Å². The number of carboxylic acid groups (broad SMARTS) is 1. The molecular weight excluding hydrogens is 256 g/mol. The highest BCUT2D eigenvalue weighted by Gasteiger charge is 2.39. The van der Waals surface area contributed by atoms with E-state index in [-0.39, 0.29) is 50.0 Å². The zero-order valence-electron chi connectivity index (χ0n) is 10.7. The van der Waals surface area contributed by atoms with Gasteiger partial charge < -0.3 is 10.4 Å². The van der Waals surface area contributed by atoms with Gasteiger partial charge in [-0.1, -0.05) is 0 Å². The molecule has 6 heteroatoms. The Balaban J connectivity index is 1.84. The molecule has 0 aliphatic heterocycles. The van der Waals surface area contributed by atoms with E-state index in [1.54, 1.807) is 0 Å². The second kappa shape index (κ2) is 5.43. The van der Waals surface area contributed by atoms with Crippen molar-refractivity contribution < 1.29 is 23.5 Å². The number of hydrogen-bond donors (Lipinski definition) is 2. The van der Waals surface area contributed by atoms with Gasteiger partial charge in [-0.25, -0.2) is 8.78 Å². The SMILES string of the molecule is O=C(O)CC(NC(=O)C1CCC(F)(F)CC1)C1CC1. The van der Waals surface area contributed by atoms with Crippen LogP contribution < -0.4 is 5.32 Å². The second-order valence-electron chi connectivity index (χ2n) is 5.68. The largest absolute Gasteiger partial charge is 0.481 e. The number of alkyl halides is 2. The van der Waals surface area contributed by atoms with Gasteiger partial charge >= 0.3 is 5.97 Å².